The van der Waals surface area contributed by atoms with Crippen LogP contribution in [0.15, 0.2) is 48.7 Å². The van der Waals surface area contributed by atoms with Crippen molar-refractivity contribution in [2.45, 2.75) is 25.8 Å². The fraction of sp³-hybridized carbons (Fsp3) is 0.320. The number of likely N-dealkylation sites (N-methyl/N-ethyl adjacent to an activating group) is 1. The number of hydrogen-bond acceptors (Lipinski definition) is 6. The number of aryl methyl sites for hydroxylation is 1. The Kier molecular flexibility index (Phi) is 6.46. The van der Waals surface area contributed by atoms with E-state index in [9.17, 15) is 9.59 Å². The van der Waals surface area contributed by atoms with Crippen molar-refractivity contribution in [3.63, 3.8) is 0 Å². The molecule has 3 aromatic rings. The van der Waals surface area contributed by atoms with Gasteiger partial charge in [0, 0.05) is 23.7 Å². The van der Waals surface area contributed by atoms with Gasteiger partial charge in [0.2, 0.25) is 0 Å². The molecule has 4 rings (SSSR count). The summed E-state index contributed by atoms with van der Waals surface area (Å²) in [6.45, 7) is 3.21. The van der Waals surface area contributed by atoms with E-state index >= 15 is 0 Å². The van der Waals surface area contributed by atoms with E-state index in [1.807, 2.05) is 38.1 Å². The molecule has 8 heteroatoms. The third kappa shape index (κ3) is 5.23. The van der Waals surface area contributed by atoms with E-state index in [0.717, 1.165) is 24.9 Å². The average molecular weight is 448 g/mol. The van der Waals surface area contributed by atoms with Crippen molar-refractivity contribution in [2.24, 2.45) is 0 Å². The molecule has 1 aliphatic rings. The summed E-state index contributed by atoms with van der Waals surface area (Å²) in [4.78, 5) is 27.7. The standard InChI is InChI=1S/C25H29N5O3/c1-16-7-8-18(25(32)28-19-9-10-19)14-22(16)30-24(26)21(15-27-30)23(31)17-5-4-6-20(13-17)33-12-11-29(2)3/h4-8,13-15,19H,9-12,26H2,1-3H3,(H,28,32). The molecule has 1 amide bonds. The first kappa shape index (κ1) is 22.5. The van der Waals surface area contributed by atoms with Crippen molar-refractivity contribution in [1.82, 2.24) is 20.0 Å². The summed E-state index contributed by atoms with van der Waals surface area (Å²) in [5.41, 5.74) is 9.21. The van der Waals surface area contributed by atoms with E-state index < -0.39 is 0 Å². The number of carbonyl (C=O) groups excluding carboxylic acids is 2. The lowest BCUT2D eigenvalue weighted by atomic mass is 10.1. The van der Waals surface area contributed by atoms with E-state index in [4.69, 9.17) is 10.5 Å². The molecule has 1 aliphatic carbocycles. The van der Waals surface area contributed by atoms with Gasteiger partial charge in [0.15, 0.2) is 5.78 Å². The number of benzene rings is 2. The molecule has 2 aromatic carbocycles. The first-order valence-corrected chi connectivity index (χ1v) is 11.0. The second-order valence-electron chi connectivity index (χ2n) is 8.61. The molecule has 3 N–H and O–H groups in total. The maximum Gasteiger partial charge on any atom is 0.251 e. The number of aromatic nitrogens is 2. The molecule has 1 aromatic heterocycles. The van der Waals surface area contributed by atoms with Crippen molar-refractivity contribution in [2.75, 3.05) is 33.0 Å². The van der Waals surface area contributed by atoms with Crippen LogP contribution in [0.25, 0.3) is 5.69 Å². The van der Waals surface area contributed by atoms with Gasteiger partial charge in [-0.15, -0.1) is 0 Å². The Hall–Kier alpha value is -3.65. The Morgan fingerprint density at radius 2 is 1.97 bits per heavy atom. The smallest absolute Gasteiger partial charge is 0.251 e. The van der Waals surface area contributed by atoms with Gasteiger partial charge < -0.3 is 20.7 Å². The zero-order chi connectivity index (χ0) is 23.5. The second-order valence-corrected chi connectivity index (χ2v) is 8.61. The fourth-order valence-corrected chi connectivity index (χ4v) is 3.43. The molecular weight excluding hydrogens is 418 g/mol. The van der Waals surface area contributed by atoms with Crippen LogP contribution in [0, 0.1) is 6.92 Å². The van der Waals surface area contributed by atoms with Crippen LogP contribution in [0.4, 0.5) is 5.82 Å². The van der Waals surface area contributed by atoms with Crippen LogP contribution in [-0.4, -0.2) is 59.7 Å². The highest BCUT2D eigenvalue weighted by molar-refractivity contribution is 6.11. The fourth-order valence-electron chi connectivity index (χ4n) is 3.43. The summed E-state index contributed by atoms with van der Waals surface area (Å²) >= 11 is 0. The lowest BCUT2D eigenvalue weighted by Crippen LogP contribution is -2.25. The molecule has 1 saturated carbocycles. The molecule has 0 saturated heterocycles. The van der Waals surface area contributed by atoms with E-state index in [-0.39, 0.29) is 23.6 Å². The minimum Gasteiger partial charge on any atom is -0.492 e. The number of anilines is 1. The predicted octanol–water partition coefficient (Wildman–Crippen LogP) is 2.83. The third-order valence-corrected chi connectivity index (χ3v) is 5.57. The second kappa shape index (κ2) is 9.46. The monoisotopic (exact) mass is 447 g/mol. The van der Waals surface area contributed by atoms with Gasteiger partial charge in [-0.2, -0.15) is 5.10 Å². The molecule has 1 heterocycles. The summed E-state index contributed by atoms with van der Waals surface area (Å²) in [5, 5.41) is 7.35. The number of nitrogen functional groups attached to an aromatic ring is 1. The number of hydrogen-bond donors (Lipinski definition) is 2. The van der Waals surface area contributed by atoms with Gasteiger partial charge >= 0.3 is 0 Å². The van der Waals surface area contributed by atoms with Gasteiger partial charge in [-0.25, -0.2) is 4.68 Å². The Labute approximate surface area is 193 Å². The van der Waals surface area contributed by atoms with E-state index in [1.54, 1.807) is 30.3 Å². The van der Waals surface area contributed by atoms with Gasteiger partial charge in [0.05, 0.1) is 17.4 Å². The van der Waals surface area contributed by atoms with Crippen LogP contribution in [-0.2, 0) is 0 Å². The highest BCUT2D eigenvalue weighted by atomic mass is 16.5. The summed E-state index contributed by atoms with van der Waals surface area (Å²) < 4.78 is 7.26. The minimum absolute atomic E-state index is 0.119. The molecule has 0 unspecified atom stereocenters. The molecule has 0 aliphatic heterocycles. The van der Waals surface area contributed by atoms with Crippen molar-refractivity contribution in [3.05, 3.63) is 70.9 Å². The van der Waals surface area contributed by atoms with E-state index in [0.29, 0.717) is 34.7 Å². The number of ketones is 1. The zero-order valence-corrected chi connectivity index (χ0v) is 19.2. The van der Waals surface area contributed by atoms with Crippen molar-refractivity contribution in [1.29, 1.82) is 0 Å². The number of nitrogens with two attached hydrogens (primary N) is 1. The number of rotatable bonds is 9. The molecule has 0 spiro atoms. The number of nitrogens with one attached hydrogen (secondary N) is 1. The topological polar surface area (TPSA) is 102 Å². The molecule has 172 valence electrons. The highest BCUT2D eigenvalue weighted by Gasteiger charge is 2.24. The number of amides is 1. The van der Waals surface area contributed by atoms with Crippen LogP contribution in [0.1, 0.15) is 44.7 Å². The average Bonchev–Trinajstić information content (AvgIpc) is 3.53. The molecule has 0 bridgehead atoms. The van der Waals surface area contributed by atoms with Crippen molar-refractivity contribution < 1.29 is 14.3 Å². The first-order valence-electron chi connectivity index (χ1n) is 11.0. The van der Waals surface area contributed by atoms with Gasteiger partial charge in [-0.1, -0.05) is 18.2 Å². The maximum absolute atomic E-state index is 13.2. The maximum atomic E-state index is 13.2. The van der Waals surface area contributed by atoms with Gasteiger partial charge in [-0.05, 0) is 63.7 Å². The van der Waals surface area contributed by atoms with Crippen LogP contribution in [0.5, 0.6) is 5.75 Å². The Bertz CT molecular complexity index is 1180. The van der Waals surface area contributed by atoms with Gasteiger partial charge in [0.1, 0.15) is 18.2 Å². The third-order valence-electron chi connectivity index (χ3n) is 5.57. The predicted molar refractivity (Wildman–Crippen MR) is 127 cm³/mol. The number of ether oxygens (including phenoxy) is 1. The van der Waals surface area contributed by atoms with Crippen LogP contribution >= 0.6 is 0 Å². The van der Waals surface area contributed by atoms with Gasteiger partial charge in [0.25, 0.3) is 5.91 Å². The lowest BCUT2D eigenvalue weighted by Gasteiger charge is -2.12. The Morgan fingerprint density at radius 3 is 2.70 bits per heavy atom. The Morgan fingerprint density at radius 1 is 1.18 bits per heavy atom. The van der Waals surface area contributed by atoms with Crippen LogP contribution in [0.2, 0.25) is 0 Å². The SMILES string of the molecule is Cc1ccc(C(=O)NC2CC2)cc1-n1ncc(C(=O)c2cccc(OCCN(C)C)c2)c1N. The highest BCUT2D eigenvalue weighted by Crippen LogP contribution is 2.25. The van der Waals surface area contributed by atoms with E-state index in [1.165, 1.54) is 10.9 Å². The number of nitrogens with zero attached hydrogens (tertiary/aromatic N) is 3. The summed E-state index contributed by atoms with van der Waals surface area (Å²) in [7, 11) is 3.95. The quantitative estimate of drug-likeness (QED) is 0.489. The summed E-state index contributed by atoms with van der Waals surface area (Å²) in [5.74, 6) is 0.490. The van der Waals surface area contributed by atoms with Crippen molar-refractivity contribution in [3.8, 4) is 11.4 Å². The number of carbonyl (C=O) groups is 2. The van der Waals surface area contributed by atoms with E-state index in [2.05, 4.69) is 10.4 Å². The Balaban J connectivity index is 1.57. The normalized spacial score (nSPS) is 13.2. The van der Waals surface area contributed by atoms with Crippen molar-refractivity contribution >= 4 is 17.5 Å². The molecule has 0 atom stereocenters. The minimum atomic E-state index is -0.239. The zero-order valence-electron chi connectivity index (χ0n) is 19.2. The van der Waals surface area contributed by atoms with Crippen LogP contribution in [0.3, 0.4) is 0 Å². The molecule has 0 radical (unpaired) electrons. The molecular formula is C25H29N5O3. The molecule has 8 nitrogen and oxygen atoms in total. The molecule has 1 fully saturated rings. The largest absolute Gasteiger partial charge is 0.492 e. The first-order chi connectivity index (χ1) is 15.8. The van der Waals surface area contributed by atoms with Crippen LogP contribution < -0.4 is 15.8 Å². The summed E-state index contributed by atoms with van der Waals surface area (Å²) in [6.07, 6.45) is 3.50. The summed E-state index contributed by atoms with van der Waals surface area (Å²) in [6, 6.07) is 12.7. The molecule has 33 heavy (non-hydrogen) atoms. The van der Waals surface area contributed by atoms with Gasteiger partial charge in [-0.3, -0.25) is 9.59 Å². The lowest BCUT2D eigenvalue weighted by molar-refractivity contribution is 0.0950.